The molecular formula is C22H28FIN4O2. The third-order valence-corrected chi connectivity index (χ3v) is 4.83. The zero-order valence-electron chi connectivity index (χ0n) is 17.4. The predicted molar refractivity (Wildman–Crippen MR) is 127 cm³/mol. The van der Waals surface area contributed by atoms with E-state index >= 15 is 0 Å². The van der Waals surface area contributed by atoms with Gasteiger partial charge >= 0.3 is 0 Å². The highest BCUT2D eigenvalue weighted by Gasteiger charge is 2.22. The van der Waals surface area contributed by atoms with Gasteiger partial charge in [-0.15, -0.1) is 24.0 Å². The molecule has 30 heavy (non-hydrogen) atoms. The van der Waals surface area contributed by atoms with Crippen molar-refractivity contribution in [1.29, 1.82) is 0 Å². The van der Waals surface area contributed by atoms with Gasteiger partial charge in [0.15, 0.2) is 5.96 Å². The molecule has 3 rings (SSSR count). The van der Waals surface area contributed by atoms with Crippen molar-refractivity contribution in [2.75, 3.05) is 27.2 Å². The zero-order valence-corrected chi connectivity index (χ0v) is 19.8. The largest absolute Gasteiger partial charge is 0.493 e. The van der Waals surface area contributed by atoms with Gasteiger partial charge in [0.25, 0.3) is 0 Å². The SMILES string of the molecule is Cc1ccc(CN=C(NCC(=O)N(C)C)NC2CCOc3ccccc32)cc1F.I. The number of aryl methyl sites for hydroxylation is 1. The molecule has 0 saturated carbocycles. The summed E-state index contributed by atoms with van der Waals surface area (Å²) in [6.07, 6.45) is 0.776. The van der Waals surface area contributed by atoms with E-state index in [9.17, 15) is 9.18 Å². The highest BCUT2D eigenvalue weighted by Crippen LogP contribution is 2.31. The van der Waals surface area contributed by atoms with Crippen molar-refractivity contribution in [3.63, 3.8) is 0 Å². The fraction of sp³-hybridized carbons (Fsp3) is 0.364. The van der Waals surface area contributed by atoms with Crippen LogP contribution in [0.4, 0.5) is 4.39 Å². The molecule has 162 valence electrons. The van der Waals surface area contributed by atoms with Crippen molar-refractivity contribution < 1.29 is 13.9 Å². The molecule has 0 spiro atoms. The number of hydrogen-bond donors (Lipinski definition) is 2. The molecule has 0 bridgehead atoms. The van der Waals surface area contributed by atoms with Gasteiger partial charge in [-0.05, 0) is 30.2 Å². The summed E-state index contributed by atoms with van der Waals surface area (Å²) in [5.74, 6) is 1.04. The number of carbonyl (C=O) groups is 1. The minimum atomic E-state index is -0.249. The number of aliphatic imine (C=N–C) groups is 1. The Morgan fingerprint density at radius 3 is 2.77 bits per heavy atom. The van der Waals surface area contributed by atoms with E-state index in [1.165, 1.54) is 11.0 Å². The smallest absolute Gasteiger partial charge is 0.241 e. The molecule has 0 fully saturated rings. The predicted octanol–water partition coefficient (Wildman–Crippen LogP) is 3.40. The highest BCUT2D eigenvalue weighted by atomic mass is 127. The van der Waals surface area contributed by atoms with E-state index in [1.54, 1.807) is 27.1 Å². The van der Waals surface area contributed by atoms with E-state index in [-0.39, 0.29) is 48.3 Å². The normalized spacial score (nSPS) is 15.3. The van der Waals surface area contributed by atoms with Crippen LogP contribution < -0.4 is 15.4 Å². The lowest BCUT2D eigenvalue weighted by atomic mass is 10.0. The van der Waals surface area contributed by atoms with Gasteiger partial charge in [-0.1, -0.05) is 30.3 Å². The number of benzene rings is 2. The van der Waals surface area contributed by atoms with E-state index in [0.29, 0.717) is 24.7 Å². The molecule has 8 heteroatoms. The third kappa shape index (κ3) is 6.32. The van der Waals surface area contributed by atoms with Crippen LogP contribution in [0.15, 0.2) is 47.5 Å². The first-order chi connectivity index (χ1) is 13.9. The lowest BCUT2D eigenvalue weighted by molar-refractivity contribution is -0.127. The highest BCUT2D eigenvalue weighted by molar-refractivity contribution is 14.0. The molecule has 2 N–H and O–H groups in total. The number of guanidine groups is 1. The summed E-state index contributed by atoms with van der Waals surface area (Å²) < 4.78 is 19.6. The molecule has 1 heterocycles. The first kappa shape index (κ1) is 23.9. The molecule has 0 aromatic heterocycles. The van der Waals surface area contributed by atoms with E-state index in [2.05, 4.69) is 15.6 Å². The molecule has 1 atom stereocenters. The Hall–Kier alpha value is -2.36. The number of nitrogens with one attached hydrogen (secondary N) is 2. The number of rotatable bonds is 5. The summed E-state index contributed by atoms with van der Waals surface area (Å²) in [5, 5.41) is 6.49. The maximum absolute atomic E-state index is 13.8. The maximum Gasteiger partial charge on any atom is 0.241 e. The lowest BCUT2D eigenvalue weighted by Crippen LogP contribution is -2.45. The van der Waals surface area contributed by atoms with Crippen molar-refractivity contribution in [3.05, 3.63) is 65.0 Å². The number of para-hydroxylation sites is 1. The van der Waals surface area contributed by atoms with E-state index in [0.717, 1.165) is 23.3 Å². The first-order valence-electron chi connectivity index (χ1n) is 9.66. The molecule has 2 aromatic rings. The Morgan fingerprint density at radius 2 is 2.03 bits per heavy atom. The number of carbonyl (C=O) groups excluding carboxylic acids is 1. The molecule has 0 radical (unpaired) electrons. The van der Waals surface area contributed by atoms with Crippen molar-refractivity contribution in [1.82, 2.24) is 15.5 Å². The van der Waals surface area contributed by atoms with Gasteiger partial charge in [0, 0.05) is 26.1 Å². The van der Waals surface area contributed by atoms with E-state index < -0.39 is 0 Å². The first-order valence-corrected chi connectivity index (χ1v) is 9.66. The Balaban J connectivity index is 0.00000320. The van der Waals surface area contributed by atoms with Crippen molar-refractivity contribution in [3.8, 4) is 5.75 Å². The van der Waals surface area contributed by atoms with Gasteiger partial charge in [0.2, 0.25) is 5.91 Å². The molecule has 2 aromatic carbocycles. The topological polar surface area (TPSA) is 66.0 Å². The summed E-state index contributed by atoms with van der Waals surface area (Å²) in [6.45, 7) is 2.74. The monoisotopic (exact) mass is 526 g/mol. The minimum absolute atomic E-state index is 0. The van der Waals surface area contributed by atoms with Crippen LogP contribution in [0.25, 0.3) is 0 Å². The molecule has 1 amide bonds. The van der Waals surface area contributed by atoms with Crippen LogP contribution in [0.2, 0.25) is 0 Å². The summed E-state index contributed by atoms with van der Waals surface area (Å²) in [7, 11) is 3.41. The van der Waals surface area contributed by atoms with E-state index in [4.69, 9.17) is 4.74 Å². The molecule has 1 aliphatic heterocycles. The number of halogens is 2. The lowest BCUT2D eigenvalue weighted by Gasteiger charge is -2.28. The van der Waals surface area contributed by atoms with Crippen LogP contribution in [0.1, 0.15) is 29.2 Å². The van der Waals surface area contributed by atoms with Gasteiger partial charge in [-0.2, -0.15) is 0 Å². The Labute approximate surface area is 193 Å². The fourth-order valence-electron chi connectivity index (χ4n) is 3.03. The minimum Gasteiger partial charge on any atom is -0.493 e. The average molecular weight is 526 g/mol. The van der Waals surface area contributed by atoms with Crippen molar-refractivity contribution >= 4 is 35.8 Å². The van der Waals surface area contributed by atoms with Crippen LogP contribution in [0, 0.1) is 12.7 Å². The number of fused-ring (bicyclic) bond motifs is 1. The Bertz CT molecular complexity index is 904. The summed E-state index contributed by atoms with van der Waals surface area (Å²) in [5.41, 5.74) is 2.42. The Kier molecular flexibility index (Phi) is 8.88. The zero-order chi connectivity index (χ0) is 20.8. The number of nitrogens with zero attached hydrogens (tertiary/aromatic N) is 2. The second-order valence-electron chi connectivity index (χ2n) is 7.26. The van der Waals surface area contributed by atoms with Crippen LogP contribution in [-0.2, 0) is 11.3 Å². The Morgan fingerprint density at radius 1 is 1.27 bits per heavy atom. The molecule has 0 saturated heterocycles. The average Bonchev–Trinajstić information content (AvgIpc) is 2.72. The van der Waals surface area contributed by atoms with Crippen molar-refractivity contribution in [2.45, 2.75) is 25.9 Å². The molecular weight excluding hydrogens is 498 g/mol. The van der Waals surface area contributed by atoms with Crippen LogP contribution in [-0.4, -0.2) is 44.0 Å². The quantitative estimate of drug-likeness (QED) is 0.356. The van der Waals surface area contributed by atoms with Gasteiger partial charge in [-0.25, -0.2) is 9.38 Å². The molecule has 1 unspecified atom stereocenters. The number of ether oxygens (including phenoxy) is 1. The summed E-state index contributed by atoms with van der Waals surface area (Å²) in [4.78, 5) is 18.1. The molecule has 0 aliphatic carbocycles. The third-order valence-electron chi connectivity index (χ3n) is 4.83. The fourth-order valence-corrected chi connectivity index (χ4v) is 3.03. The second-order valence-corrected chi connectivity index (χ2v) is 7.26. The number of hydrogen-bond acceptors (Lipinski definition) is 3. The summed E-state index contributed by atoms with van der Waals surface area (Å²) >= 11 is 0. The maximum atomic E-state index is 13.8. The number of amides is 1. The van der Waals surface area contributed by atoms with Gasteiger partial charge in [0.05, 0.1) is 25.7 Å². The number of likely N-dealkylation sites (N-methyl/N-ethyl adjacent to an activating group) is 1. The van der Waals surface area contributed by atoms with Crippen LogP contribution in [0.3, 0.4) is 0 Å². The van der Waals surface area contributed by atoms with Gasteiger partial charge < -0.3 is 20.3 Å². The summed E-state index contributed by atoms with van der Waals surface area (Å²) in [6, 6.07) is 13.0. The van der Waals surface area contributed by atoms with Crippen LogP contribution in [0.5, 0.6) is 5.75 Å². The van der Waals surface area contributed by atoms with Gasteiger partial charge in [-0.3, -0.25) is 4.79 Å². The van der Waals surface area contributed by atoms with Crippen molar-refractivity contribution in [2.24, 2.45) is 4.99 Å². The second kappa shape index (κ2) is 11.1. The van der Waals surface area contributed by atoms with Crippen LogP contribution >= 0.6 is 24.0 Å². The van der Waals surface area contributed by atoms with E-state index in [1.807, 2.05) is 30.3 Å². The standard InChI is InChI=1S/C22H27FN4O2.HI/c1-15-8-9-16(12-18(15)23)13-24-22(25-14-21(28)27(2)3)26-19-10-11-29-20-7-5-4-6-17(19)20;/h4-9,12,19H,10-11,13-14H2,1-3H3,(H2,24,25,26);1H. The van der Waals surface area contributed by atoms with Gasteiger partial charge in [0.1, 0.15) is 11.6 Å². The molecule has 1 aliphatic rings. The molecule has 6 nitrogen and oxygen atoms in total.